The maximum Gasteiger partial charge on any atom is 0.217 e. The molecule has 11 heterocycles. The highest BCUT2D eigenvalue weighted by Gasteiger charge is 2.64. The molecule has 36 N–H and O–H groups in total. The fraction of sp³-hybridized carbons (Fsp3) is 0.929. The third kappa shape index (κ3) is 28.1. The smallest absolute Gasteiger partial charge is 0.217 e. The Balaban J connectivity index is 0.994. The normalized spacial score (nSPS) is 47.0. The van der Waals surface area contributed by atoms with E-state index in [2.05, 4.69) is 31.9 Å². The van der Waals surface area contributed by atoms with Crippen LogP contribution in [0.2, 0.25) is 0 Å². The largest absolute Gasteiger partial charge is 0.394 e. The van der Waals surface area contributed by atoms with E-state index in [4.69, 9.17) is 104 Å². The number of carbonyl (C=O) groups is 6. The van der Waals surface area contributed by atoms with Gasteiger partial charge in [-0.25, -0.2) is 0 Å². The van der Waals surface area contributed by atoms with E-state index < -0.39 is 463 Å². The second kappa shape index (κ2) is 54.1. The van der Waals surface area contributed by atoms with Gasteiger partial charge in [0.2, 0.25) is 35.4 Å². The molecule has 0 aromatic carbocycles. The molecular formula is C84H142N6O58. The van der Waals surface area contributed by atoms with E-state index in [-0.39, 0.29) is 0 Å². The Morgan fingerprint density at radius 2 is 0.547 bits per heavy atom. The molecule has 0 aliphatic carbocycles. The molecular weight excluding hydrogens is 2020 g/mol. The maximum absolute atomic E-state index is 13.8. The first kappa shape index (κ1) is 123. The van der Waals surface area contributed by atoms with Crippen molar-refractivity contribution in [2.24, 2.45) is 0 Å². The van der Waals surface area contributed by atoms with Crippen LogP contribution in [0.15, 0.2) is 0 Å². The van der Waals surface area contributed by atoms with Crippen LogP contribution >= 0.6 is 0 Å². The zero-order valence-corrected chi connectivity index (χ0v) is 81.0. The van der Waals surface area contributed by atoms with Crippen molar-refractivity contribution in [2.75, 3.05) is 66.1 Å². The molecule has 11 rings (SSSR count). The summed E-state index contributed by atoms with van der Waals surface area (Å²) in [5, 5.41) is 357. The second-order valence-electron chi connectivity index (χ2n) is 37.8. The average Bonchev–Trinajstić information content (AvgIpc) is 0.757. The van der Waals surface area contributed by atoms with Crippen LogP contribution in [0, 0.1) is 0 Å². The van der Waals surface area contributed by atoms with Gasteiger partial charge < -0.3 is 289 Å². The minimum absolute atomic E-state index is 0.860. The van der Waals surface area contributed by atoms with E-state index in [0.717, 1.165) is 41.5 Å². The average molecular weight is 2160 g/mol. The molecule has 148 heavy (non-hydrogen) atoms. The van der Waals surface area contributed by atoms with E-state index >= 15 is 0 Å². The maximum atomic E-state index is 13.8. The van der Waals surface area contributed by atoms with Crippen molar-refractivity contribution in [1.82, 2.24) is 31.9 Å². The molecule has 6 amide bonds. The first-order chi connectivity index (χ1) is 69.8. The first-order valence-electron chi connectivity index (χ1n) is 47.6. The van der Waals surface area contributed by atoms with Gasteiger partial charge in [0.25, 0.3) is 0 Å². The van der Waals surface area contributed by atoms with E-state index in [0.29, 0.717) is 0 Å². The van der Waals surface area contributed by atoms with Crippen molar-refractivity contribution in [2.45, 2.75) is 424 Å². The van der Waals surface area contributed by atoms with Gasteiger partial charge in [-0.05, 0) is 20.8 Å². The predicted octanol–water partition coefficient (Wildman–Crippen LogP) is -23.6. The third-order valence-corrected chi connectivity index (χ3v) is 27.0. The molecule has 0 aromatic rings. The Hall–Kier alpha value is -5.26. The minimum Gasteiger partial charge on any atom is -0.394 e. The Labute approximate surface area is 841 Å². The highest BCUT2D eigenvalue weighted by Crippen LogP contribution is 2.43. The Kier molecular flexibility index (Phi) is 45.0. The number of rotatable bonds is 41. The number of aliphatic hydroxyl groups excluding tert-OH is 30. The second-order valence-corrected chi connectivity index (χ2v) is 37.8. The number of nitrogens with one attached hydrogen (secondary N) is 6. The fourth-order valence-corrected chi connectivity index (χ4v) is 19.0. The number of ether oxygens (including phenoxy) is 22. The third-order valence-electron chi connectivity index (χ3n) is 27.0. The van der Waals surface area contributed by atoms with Crippen LogP contribution in [0.3, 0.4) is 0 Å². The summed E-state index contributed by atoms with van der Waals surface area (Å²) in [7, 11) is 0. The summed E-state index contributed by atoms with van der Waals surface area (Å²) >= 11 is 0. The summed E-state index contributed by atoms with van der Waals surface area (Å²) in [5.74, 6) is -5.90. The number of carbonyl (C=O) groups excluding carboxylic acids is 6. The number of hydrogen-bond donors (Lipinski definition) is 36. The van der Waals surface area contributed by atoms with Crippen molar-refractivity contribution in [3.63, 3.8) is 0 Å². The summed E-state index contributed by atoms with van der Waals surface area (Å²) in [5.41, 5.74) is 0. The molecule has 0 saturated carbocycles. The molecule has 11 aliphatic rings. The van der Waals surface area contributed by atoms with Crippen LogP contribution in [-0.4, -0.2) is 617 Å². The highest BCUT2D eigenvalue weighted by atomic mass is 16.8. The van der Waals surface area contributed by atoms with Gasteiger partial charge >= 0.3 is 0 Å². The van der Waals surface area contributed by atoms with E-state index in [9.17, 15) is 182 Å². The molecule has 0 radical (unpaired) electrons. The van der Waals surface area contributed by atoms with Gasteiger partial charge in [0.1, 0.15) is 268 Å². The summed E-state index contributed by atoms with van der Waals surface area (Å²) in [6.07, 6.45) is -114. The molecule has 0 bridgehead atoms. The van der Waals surface area contributed by atoms with Crippen molar-refractivity contribution >= 4 is 35.4 Å². The summed E-state index contributed by atoms with van der Waals surface area (Å²) in [6, 6.07) is -11.9. The van der Waals surface area contributed by atoms with Gasteiger partial charge in [-0.15, -0.1) is 0 Å². The number of amides is 6. The zero-order valence-electron chi connectivity index (χ0n) is 81.0. The zero-order chi connectivity index (χ0) is 109. The van der Waals surface area contributed by atoms with Crippen molar-refractivity contribution in [3.05, 3.63) is 0 Å². The van der Waals surface area contributed by atoms with Crippen LogP contribution in [0.5, 0.6) is 0 Å². The Morgan fingerprint density at radius 3 is 0.939 bits per heavy atom. The summed E-state index contributed by atoms with van der Waals surface area (Å²) in [4.78, 5) is 79.1. The van der Waals surface area contributed by atoms with E-state index in [1.165, 1.54) is 20.8 Å². The molecule has 856 valence electrons. The van der Waals surface area contributed by atoms with Gasteiger partial charge in [0.05, 0.1) is 90.4 Å². The summed E-state index contributed by atoms with van der Waals surface area (Å²) in [6.45, 7) is -3.00. The molecule has 11 fully saturated rings. The van der Waals surface area contributed by atoms with Crippen LogP contribution in [-0.2, 0) is 133 Å². The molecule has 11 saturated heterocycles. The molecule has 64 nitrogen and oxygen atoms in total. The molecule has 0 aromatic heterocycles. The van der Waals surface area contributed by atoms with Crippen molar-refractivity contribution in [1.29, 1.82) is 0 Å². The van der Waals surface area contributed by atoms with Gasteiger partial charge in [0, 0.05) is 41.5 Å². The highest BCUT2D eigenvalue weighted by molar-refractivity contribution is 5.75. The van der Waals surface area contributed by atoms with Gasteiger partial charge in [-0.2, -0.15) is 0 Å². The first-order valence-corrected chi connectivity index (χ1v) is 47.6. The van der Waals surface area contributed by atoms with Crippen molar-refractivity contribution in [3.8, 4) is 0 Å². The topological polar surface area (TPSA) is 985 Å². The monoisotopic (exact) mass is 2160 g/mol. The SMILES string of the molecule is CC(=O)N[C@H]1[C@H](O[C@@H]([C@H](O)[C@H](CO)NC(C)=O)[C@H](O)CO[C@@H]2O[C@@H](C)[C@@H](O)[C@@H](O)[C@@H]2O)O[C@H](CO)[C@@H](O[C@@H]2O[C@H](CO[C@H]3O[C@H](CO)[C@@H](O)[C@H](O)[C@@H]3O[C@@H]3O[C@H](CO)[C@@H](O[C@@H]4O[C@H](CO)[C@H](O)[C@H](O)[C@H]4NC(C)=O)[C@H](O[C@@H]4O[C@@H](C)[C@@H](O)[C@@H](O)[C@@H]4O)[C@H]3NC(C)=O)[C@@H](O)[C@H](O[C@H]3O[C@H](CO)[C@@H](O)[C@H](O)[C@@H]3O[C@@H]3O[C@H](CO)[C@@H](O[C@@H]4O[C@H](CO)[C@H](O)[C@H](O)[C@H]4NC(C)=O)[C@H](O[C@@H]4O[C@@H](C)[C@@H](O)[C@@H](O)[C@@H]4O)[C@H]3NC(C)=O)[C@@H]2O)[C@@H]1O. The van der Waals surface area contributed by atoms with Crippen molar-refractivity contribution < 1.29 is 286 Å². The predicted molar refractivity (Wildman–Crippen MR) is 463 cm³/mol. The van der Waals surface area contributed by atoms with Gasteiger partial charge in [-0.1, -0.05) is 0 Å². The lowest BCUT2D eigenvalue weighted by atomic mass is 9.93. The lowest BCUT2D eigenvalue weighted by molar-refractivity contribution is -0.402. The Morgan fingerprint density at radius 1 is 0.250 bits per heavy atom. The quantitative estimate of drug-likeness (QED) is 0.0270. The molecule has 64 heteroatoms. The minimum atomic E-state index is -2.77. The number of aliphatic hydroxyl groups is 30. The fourth-order valence-electron chi connectivity index (χ4n) is 19.0. The molecule has 0 unspecified atom stereocenters. The molecule has 11 aliphatic heterocycles. The van der Waals surface area contributed by atoms with Crippen LogP contribution in [0.1, 0.15) is 62.3 Å². The van der Waals surface area contributed by atoms with Crippen LogP contribution in [0.25, 0.3) is 0 Å². The Bertz CT molecular complexity index is 4150. The van der Waals surface area contributed by atoms with Gasteiger partial charge in [-0.3, -0.25) is 28.8 Å². The standard InChI is InChI=1S/C84H142N6O58/c1-20-44(106)56(118)61(123)79(129-20)127-18-30(105)65(47(109)29(10-91)85-23(4)99)140-76-41(88-26(7)102)55(117)66(35(15-96)136-76)141-82-64(126)71(146-84-73(60(122)51(113)34(14-95)135-84)148-78-43(90-28(9)104)70(145-81-63(125)58(120)46(108)22(3)131-81)68(37(17-98)138-78)143-75-40(87-25(6)101)54(116)49(111)32(12-93)133-75)52(114)38(139-82)19-128-83-72(59(121)50(112)33(13-94)134-83)147-77-42(89-27(8)103)69(144-80-62(124)57(119)45(107)21(2)130-80)67(36(16-97)137-77)142-74-39(86-24(5)100)53(115)48(110)31(11-92)132-74/h20-22,29-84,91-98,105-126H,10-19H2,1-9H3,(H,85,99)(H,86,100)(H,87,101)(H,88,102)(H,89,103)(H,90,104)/t20-,21-,22-,29-,30+,31+,32+,33+,34+,35+,36+,37+,38+,39+,40+,41+,42+,43+,44+,45+,46+,47+,48-,49-,50+,51+,52+,53+,54+,55+,56+,57+,58+,59-,60-,61-,62-,63-,64-,65+,66+,67+,68+,69+,70+,71-,72-,73-,74-,75-,76-,77-,78-,79+,80-,81-,82-,83-,84+/m0/s1. The van der Waals surface area contributed by atoms with Crippen LogP contribution < -0.4 is 31.9 Å². The van der Waals surface area contributed by atoms with Gasteiger partial charge in [0.15, 0.2) is 69.2 Å². The van der Waals surface area contributed by atoms with Crippen LogP contribution in [0.4, 0.5) is 0 Å². The lowest BCUT2D eigenvalue weighted by Crippen LogP contribution is -2.72. The lowest BCUT2D eigenvalue weighted by Gasteiger charge is -2.52. The van der Waals surface area contributed by atoms with E-state index in [1.54, 1.807) is 0 Å². The molecule has 0 spiro atoms. The number of hydrogen-bond acceptors (Lipinski definition) is 58. The van der Waals surface area contributed by atoms with E-state index in [1.807, 2.05) is 0 Å². The molecule has 59 atom stereocenters. The summed E-state index contributed by atoms with van der Waals surface area (Å²) < 4.78 is 135.